The minimum Gasteiger partial charge on any atom is -0.342 e. The lowest BCUT2D eigenvalue weighted by Crippen LogP contribution is -2.39. The second-order valence-electron chi connectivity index (χ2n) is 5.57. The maximum absolute atomic E-state index is 13.6. The summed E-state index contributed by atoms with van der Waals surface area (Å²) in [4.78, 5) is 17.8. The molecule has 23 heavy (non-hydrogen) atoms. The minimum absolute atomic E-state index is 0.0173. The average molecular weight is 320 g/mol. The lowest BCUT2D eigenvalue weighted by molar-refractivity contribution is -0.131. The molecule has 1 amide bonds. The Morgan fingerprint density at radius 3 is 2.87 bits per heavy atom. The van der Waals surface area contributed by atoms with Crippen LogP contribution in [0.4, 0.5) is 4.39 Å². The van der Waals surface area contributed by atoms with E-state index in [4.69, 9.17) is 10.3 Å². The number of carbonyl (C=O) groups excluding carboxylic acids is 1. The van der Waals surface area contributed by atoms with Crippen molar-refractivity contribution in [2.45, 2.75) is 32.7 Å². The van der Waals surface area contributed by atoms with Gasteiger partial charge >= 0.3 is 0 Å². The molecule has 2 rings (SSSR count). The Kier molecular flexibility index (Phi) is 5.44. The van der Waals surface area contributed by atoms with Crippen molar-refractivity contribution < 1.29 is 13.7 Å². The third-order valence-electron chi connectivity index (χ3n) is 3.85. The quantitative estimate of drug-likeness (QED) is 0.879. The molecule has 1 aromatic heterocycles. The van der Waals surface area contributed by atoms with Crippen molar-refractivity contribution in [3.05, 3.63) is 35.5 Å². The van der Waals surface area contributed by atoms with E-state index >= 15 is 0 Å². The van der Waals surface area contributed by atoms with Crippen LogP contribution < -0.4 is 5.73 Å². The largest absolute Gasteiger partial charge is 0.342 e. The molecule has 0 radical (unpaired) electrons. The molecule has 0 bridgehead atoms. The fourth-order valence-electron chi connectivity index (χ4n) is 2.00. The smallest absolute Gasteiger partial charge is 0.227 e. The van der Waals surface area contributed by atoms with E-state index in [1.807, 2.05) is 6.92 Å². The molecule has 0 saturated carbocycles. The molecule has 1 heterocycles. The highest BCUT2D eigenvalue weighted by molar-refractivity contribution is 5.76. The molecule has 1 atom stereocenters. The SMILES string of the molecule is Cc1ccc(-c2noc(CCC(=O)N(C)C(C)CN)n2)cc1F. The summed E-state index contributed by atoms with van der Waals surface area (Å²) in [6, 6.07) is 4.74. The van der Waals surface area contributed by atoms with Gasteiger partial charge in [0.05, 0.1) is 0 Å². The van der Waals surface area contributed by atoms with E-state index in [2.05, 4.69) is 10.1 Å². The zero-order chi connectivity index (χ0) is 17.0. The van der Waals surface area contributed by atoms with Crippen LogP contribution in [0.5, 0.6) is 0 Å². The van der Waals surface area contributed by atoms with Crippen LogP contribution in [0.15, 0.2) is 22.7 Å². The number of carbonyl (C=O) groups is 1. The summed E-state index contributed by atoms with van der Waals surface area (Å²) in [6.45, 7) is 3.98. The van der Waals surface area contributed by atoms with Gasteiger partial charge in [-0.25, -0.2) is 4.39 Å². The number of rotatable bonds is 6. The van der Waals surface area contributed by atoms with E-state index < -0.39 is 0 Å². The molecule has 0 aliphatic carbocycles. The molecule has 0 aliphatic heterocycles. The molecule has 1 unspecified atom stereocenters. The number of hydrogen-bond acceptors (Lipinski definition) is 5. The third-order valence-corrected chi connectivity index (χ3v) is 3.85. The fourth-order valence-corrected chi connectivity index (χ4v) is 2.00. The van der Waals surface area contributed by atoms with E-state index in [-0.39, 0.29) is 24.2 Å². The number of nitrogens with zero attached hydrogens (tertiary/aromatic N) is 3. The van der Waals surface area contributed by atoms with E-state index in [0.717, 1.165) is 0 Å². The van der Waals surface area contributed by atoms with Crippen molar-refractivity contribution in [1.82, 2.24) is 15.0 Å². The molecule has 0 spiro atoms. The van der Waals surface area contributed by atoms with Crippen LogP contribution in [0.2, 0.25) is 0 Å². The summed E-state index contributed by atoms with van der Waals surface area (Å²) in [5.74, 6) is 0.309. The van der Waals surface area contributed by atoms with Crippen molar-refractivity contribution in [1.29, 1.82) is 0 Å². The number of aromatic nitrogens is 2. The third kappa shape index (κ3) is 4.13. The number of likely N-dealkylation sites (N-methyl/N-ethyl adjacent to an activating group) is 1. The molecule has 7 heteroatoms. The molecule has 6 nitrogen and oxygen atoms in total. The van der Waals surface area contributed by atoms with Crippen molar-refractivity contribution >= 4 is 5.91 Å². The van der Waals surface area contributed by atoms with Crippen LogP contribution in [0.25, 0.3) is 11.4 Å². The second kappa shape index (κ2) is 7.32. The fraction of sp³-hybridized carbons (Fsp3) is 0.438. The first-order chi connectivity index (χ1) is 10.9. The van der Waals surface area contributed by atoms with Gasteiger partial charge in [0.2, 0.25) is 17.6 Å². The lowest BCUT2D eigenvalue weighted by atomic mass is 10.1. The summed E-state index contributed by atoms with van der Waals surface area (Å²) >= 11 is 0. The Hall–Kier alpha value is -2.28. The zero-order valence-electron chi connectivity index (χ0n) is 13.5. The second-order valence-corrected chi connectivity index (χ2v) is 5.57. The van der Waals surface area contributed by atoms with Crippen molar-refractivity contribution in [3.8, 4) is 11.4 Å². The predicted octanol–water partition coefficient (Wildman–Crippen LogP) is 1.92. The molecule has 0 saturated heterocycles. The molecule has 2 N–H and O–H groups in total. The van der Waals surface area contributed by atoms with Gasteiger partial charge in [-0.3, -0.25) is 4.79 Å². The highest BCUT2D eigenvalue weighted by Crippen LogP contribution is 2.19. The van der Waals surface area contributed by atoms with E-state index in [1.54, 1.807) is 31.0 Å². The number of aryl methyl sites for hydroxylation is 2. The summed E-state index contributed by atoms with van der Waals surface area (Å²) in [7, 11) is 1.72. The highest BCUT2D eigenvalue weighted by atomic mass is 19.1. The van der Waals surface area contributed by atoms with Gasteiger partial charge in [0.25, 0.3) is 0 Å². The van der Waals surface area contributed by atoms with E-state index in [9.17, 15) is 9.18 Å². The number of amides is 1. The van der Waals surface area contributed by atoms with Crippen molar-refractivity contribution in [2.75, 3.05) is 13.6 Å². The summed E-state index contributed by atoms with van der Waals surface area (Å²) in [6.07, 6.45) is 0.590. The number of nitrogens with two attached hydrogens (primary N) is 1. The molecular formula is C16H21FN4O2. The van der Waals surface area contributed by atoms with Crippen LogP contribution in [-0.4, -0.2) is 40.6 Å². The first-order valence-corrected chi connectivity index (χ1v) is 7.47. The Balaban J connectivity index is 2.00. The number of hydrogen-bond donors (Lipinski definition) is 1. The first-order valence-electron chi connectivity index (χ1n) is 7.47. The monoisotopic (exact) mass is 320 g/mol. The Morgan fingerprint density at radius 2 is 2.22 bits per heavy atom. The molecule has 124 valence electrons. The average Bonchev–Trinajstić information content (AvgIpc) is 3.02. The van der Waals surface area contributed by atoms with Gasteiger partial charge in [-0.05, 0) is 25.5 Å². The van der Waals surface area contributed by atoms with Gasteiger partial charge in [0.1, 0.15) is 5.82 Å². The van der Waals surface area contributed by atoms with Gasteiger partial charge in [-0.15, -0.1) is 0 Å². The maximum atomic E-state index is 13.6. The van der Waals surface area contributed by atoms with Crippen LogP contribution in [0.1, 0.15) is 24.8 Å². The Morgan fingerprint density at radius 1 is 1.48 bits per heavy atom. The van der Waals surface area contributed by atoms with Crippen LogP contribution in [0.3, 0.4) is 0 Å². The van der Waals surface area contributed by atoms with Gasteiger partial charge in [-0.1, -0.05) is 17.3 Å². The predicted molar refractivity (Wildman–Crippen MR) is 84.0 cm³/mol. The van der Waals surface area contributed by atoms with Crippen LogP contribution in [0, 0.1) is 12.7 Å². The first kappa shape index (κ1) is 17.1. The lowest BCUT2D eigenvalue weighted by Gasteiger charge is -2.23. The van der Waals surface area contributed by atoms with Gasteiger partial charge in [0, 0.05) is 38.0 Å². The Bertz CT molecular complexity index is 686. The van der Waals surface area contributed by atoms with Crippen LogP contribution >= 0.6 is 0 Å². The van der Waals surface area contributed by atoms with E-state index in [0.29, 0.717) is 35.8 Å². The molecule has 2 aromatic rings. The van der Waals surface area contributed by atoms with Crippen LogP contribution in [-0.2, 0) is 11.2 Å². The topological polar surface area (TPSA) is 85.2 Å². The van der Waals surface area contributed by atoms with Gasteiger partial charge < -0.3 is 15.2 Å². The zero-order valence-corrected chi connectivity index (χ0v) is 13.5. The normalized spacial score (nSPS) is 12.2. The Labute approximate surface area is 134 Å². The number of benzene rings is 1. The van der Waals surface area contributed by atoms with Crippen molar-refractivity contribution in [2.24, 2.45) is 5.73 Å². The van der Waals surface area contributed by atoms with Crippen molar-refractivity contribution in [3.63, 3.8) is 0 Å². The summed E-state index contributed by atoms with van der Waals surface area (Å²) < 4.78 is 18.7. The molecule has 0 fully saturated rings. The number of halogens is 1. The highest BCUT2D eigenvalue weighted by Gasteiger charge is 2.16. The molecule has 1 aromatic carbocycles. The van der Waals surface area contributed by atoms with Gasteiger partial charge in [0.15, 0.2) is 0 Å². The minimum atomic E-state index is -0.318. The molecule has 0 aliphatic rings. The van der Waals surface area contributed by atoms with Gasteiger partial charge in [-0.2, -0.15) is 4.98 Å². The summed E-state index contributed by atoms with van der Waals surface area (Å²) in [5.41, 5.74) is 6.64. The standard InChI is InChI=1S/C16H21FN4O2/c1-10-4-5-12(8-13(10)17)16-19-14(23-20-16)6-7-15(22)21(3)11(2)9-18/h4-5,8,11H,6-7,9,18H2,1-3H3. The summed E-state index contributed by atoms with van der Waals surface area (Å²) in [5, 5.41) is 3.83. The molecular weight excluding hydrogens is 299 g/mol. The van der Waals surface area contributed by atoms with E-state index in [1.165, 1.54) is 6.07 Å². The maximum Gasteiger partial charge on any atom is 0.227 e.